The molecular formula is C20H22F2N4S. The zero-order valence-corrected chi connectivity index (χ0v) is 16.2. The molecule has 0 atom stereocenters. The maximum atomic E-state index is 14.0. The van der Waals surface area contributed by atoms with Crippen LogP contribution in [0.3, 0.4) is 0 Å². The summed E-state index contributed by atoms with van der Waals surface area (Å²) in [7, 11) is 0. The van der Waals surface area contributed by atoms with E-state index in [0.717, 1.165) is 11.4 Å². The fourth-order valence-electron chi connectivity index (χ4n) is 2.95. The normalized spacial score (nSPS) is 11.3. The second-order valence-electron chi connectivity index (χ2n) is 6.39. The second kappa shape index (κ2) is 8.54. The van der Waals surface area contributed by atoms with Gasteiger partial charge in [0.2, 0.25) is 0 Å². The van der Waals surface area contributed by atoms with Crippen LogP contribution in [-0.2, 0) is 19.8 Å². The van der Waals surface area contributed by atoms with Crippen LogP contribution >= 0.6 is 12.2 Å². The first-order valence-corrected chi connectivity index (χ1v) is 9.23. The van der Waals surface area contributed by atoms with E-state index in [2.05, 4.69) is 5.10 Å². The van der Waals surface area contributed by atoms with E-state index < -0.39 is 11.6 Å². The Kier molecular flexibility index (Phi) is 6.13. The molecule has 1 heterocycles. The van der Waals surface area contributed by atoms with Gasteiger partial charge in [-0.05, 0) is 43.4 Å². The Hall–Kier alpha value is -2.38. The van der Waals surface area contributed by atoms with E-state index in [1.807, 2.05) is 53.6 Å². The molecule has 142 valence electrons. The van der Waals surface area contributed by atoms with E-state index in [1.165, 1.54) is 18.2 Å². The van der Waals surface area contributed by atoms with Gasteiger partial charge >= 0.3 is 0 Å². The van der Waals surface area contributed by atoms with Crippen molar-refractivity contribution in [3.63, 3.8) is 0 Å². The summed E-state index contributed by atoms with van der Waals surface area (Å²) in [4.78, 5) is 1.90. The van der Waals surface area contributed by atoms with E-state index in [4.69, 9.17) is 12.2 Å². The van der Waals surface area contributed by atoms with Crippen molar-refractivity contribution in [2.45, 2.75) is 33.6 Å². The topological polar surface area (TPSA) is 26.0 Å². The van der Waals surface area contributed by atoms with Gasteiger partial charge in [-0.1, -0.05) is 43.3 Å². The van der Waals surface area contributed by atoms with Gasteiger partial charge in [-0.25, -0.2) is 13.5 Å². The van der Waals surface area contributed by atoms with E-state index in [-0.39, 0.29) is 12.1 Å². The first-order valence-electron chi connectivity index (χ1n) is 8.83. The standard InChI is InChI=1S/C20H22F2N4S/c1-3-24(13-17-18(21)10-7-11-19(17)22)14-26-20(27)25(15(2)23-26)12-16-8-5-4-6-9-16/h4-11H,3,12-14H2,1-2H3. The number of nitrogens with zero attached hydrogens (tertiary/aromatic N) is 4. The average molecular weight is 388 g/mol. The summed E-state index contributed by atoms with van der Waals surface area (Å²) >= 11 is 5.58. The zero-order chi connectivity index (χ0) is 19.4. The van der Waals surface area contributed by atoms with Crippen molar-refractivity contribution < 1.29 is 8.78 Å². The molecule has 3 rings (SSSR count). The predicted octanol–water partition coefficient (Wildman–Crippen LogP) is 4.53. The van der Waals surface area contributed by atoms with Gasteiger partial charge in [0.25, 0.3) is 0 Å². The summed E-state index contributed by atoms with van der Waals surface area (Å²) in [5, 5.41) is 4.53. The lowest BCUT2D eigenvalue weighted by molar-refractivity contribution is 0.201. The molecule has 0 amide bonds. The third-order valence-corrected chi connectivity index (χ3v) is 4.95. The number of aromatic nitrogens is 3. The second-order valence-corrected chi connectivity index (χ2v) is 6.75. The van der Waals surface area contributed by atoms with Gasteiger partial charge in [-0.3, -0.25) is 9.47 Å². The van der Waals surface area contributed by atoms with E-state index in [0.29, 0.717) is 24.5 Å². The highest BCUT2D eigenvalue weighted by Crippen LogP contribution is 2.15. The minimum atomic E-state index is -0.539. The zero-order valence-electron chi connectivity index (χ0n) is 15.4. The van der Waals surface area contributed by atoms with Crippen molar-refractivity contribution in [1.29, 1.82) is 0 Å². The minimum Gasteiger partial charge on any atom is -0.300 e. The molecule has 0 aliphatic rings. The maximum absolute atomic E-state index is 14.0. The molecule has 3 aromatic rings. The Morgan fingerprint density at radius 3 is 2.33 bits per heavy atom. The Bertz CT molecular complexity index is 946. The fourth-order valence-corrected chi connectivity index (χ4v) is 3.24. The van der Waals surface area contributed by atoms with Crippen molar-refractivity contribution in [2.75, 3.05) is 6.54 Å². The van der Waals surface area contributed by atoms with Crippen molar-refractivity contribution in [3.8, 4) is 0 Å². The highest BCUT2D eigenvalue weighted by Gasteiger charge is 2.15. The molecule has 1 aromatic heterocycles. The van der Waals surface area contributed by atoms with Crippen LogP contribution in [-0.4, -0.2) is 25.8 Å². The molecule has 0 aliphatic heterocycles. The number of hydrogen-bond acceptors (Lipinski definition) is 3. The van der Waals surface area contributed by atoms with Crippen LogP contribution < -0.4 is 0 Å². The van der Waals surface area contributed by atoms with Crippen LogP contribution in [0, 0.1) is 23.3 Å². The summed E-state index contributed by atoms with van der Waals surface area (Å²) in [6.45, 7) is 5.62. The molecule has 27 heavy (non-hydrogen) atoms. The lowest BCUT2D eigenvalue weighted by Crippen LogP contribution is -2.27. The Balaban J connectivity index is 1.80. The van der Waals surface area contributed by atoms with Gasteiger partial charge in [0.1, 0.15) is 17.5 Å². The van der Waals surface area contributed by atoms with Crippen LogP contribution in [0.15, 0.2) is 48.5 Å². The number of benzene rings is 2. The third-order valence-electron chi connectivity index (χ3n) is 4.52. The smallest absolute Gasteiger partial charge is 0.199 e. The fraction of sp³-hybridized carbons (Fsp3) is 0.300. The van der Waals surface area contributed by atoms with Gasteiger partial charge in [0.05, 0.1) is 13.2 Å². The summed E-state index contributed by atoms with van der Waals surface area (Å²) in [6.07, 6.45) is 0. The number of aryl methyl sites for hydroxylation is 1. The van der Waals surface area contributed by atoms with Crippen molar-refractivity contribution in [3.05, 3.63) is 81.9 Å². The van der Waals surface area contributed by atoms with Crippen LogP contribution in [0.25, 0.3) is 0 Å². The summed E-state index contributed by atoms with van der Waals surface area (Å²) in [5.41, 5.74) is 1.20. The molecule has 0 saturated carbocycles. The van der Waals surface area contributed by atoms with Crippen LogP contribution in [0.1, 0.15) is 23.9 Å². The van der Waals surface area contributed by atoms with Gasteiger partial charge in [0, 0.05) is 12.1 Å². The highest BCUT2D eigenvalue weighted by molar-refractivity contribution is 7.71. The molecular weight excluding hydrogens is 366 g/mol. The van der Waals surface area contributed by atoms with Crippen molar-refractivity contribution in [2.24, 2.45) is 0 Å². The molecule has 0 radical (unpaired) electrons. The molecule has 2 aromatic carbocycles. The third kappa shape index (κ3) is 4.48. The van der Waals surface area contributed by atoms with Crippen molar-refractivity contribution in [1.82, 2.24) is 19.2 Å². The number of halogens is 2. The first kappa shape index (κ1) is 19.4. The Labute approximate surface area is 162 Å². The van der Waals surface area contributed by atoms with Gasteiger partial charge < -0.3 is 0 Å². The summed E-state index contributed by atoms with van der Waals surface area (Å²) in [5.74, 6) is -0.275. The van der Waals surface area contributed by atoms with Gasteiger partial charge in [0.15, 0.2) is 4.77 Å². The quantitative estimate of drug-likeness (QED) is 0.556. The average Bonchev–Trinajstić information content (AvgIpc) is 2.92. The minimum absolute atomic E-state index is 0.0614. The largest absolute Gasteiger partial charge is 0.300 e. The highest BCUT2D eigenvalue weighted by atomic mass is 32.1. The van der Waals surface area contributed by atoms with Gasteiger partial charge in [-0.2, -0.15) is 5.10 Å². The molecule has 0 bridgehead atoms. The molecule has 0 unspecified atom stereocenters. The summed E-state index contributed by atoms with van der Waals surface area (Å²) in [6, 6.07) is 13.9. The van der Waals surface area contributed by atoms with Crippen LogP contribution in [0.2, 0.25) is 0 Å². The molecule has 7 heteroatoms. The van der Waals surface area contributed by atoms with Crippen molar-refractivity contribution >= 4 is 12.2 Å². The lowest BCUT2D eigenvalue weighted by Gasteiger charge is -2.20. The maximum Gasteiger partial charge on any atom is 0.199 e. The first-order chi connectivity index (χ1) is 13.0. The molecule has 0 N–H and O–H groups in total. The summed E-state index contributed by atoms with van der Waals surface area (Å²) < 4.78 is 32.2. The van der Waals surface area contributed by atoms with Gasteiger partial charge in [-0.15, -0.1) is 0 Å². The SMILES string of the molecule is CCN(Cc1c(F)cccc1F)Cn1nc(C)n(Cc2ccccc2)c1=S. The number of rotatable bonds is 7. The Morgan fingerprint density at radius 2 is 1.70 bits per heavy atom. The van der Waals surface area contributed by atoms with E-state index in [9.17, 15) is 8.78 Å². The molecule has 0 fully saturated rings. The molecule has 0 saturated heterocycles. The van der Waals surface area contributed by atoms with Crippen LogP contribution in [0.4, 0.5) is 8.78 Å². The monoisotopic (exact) mass is 388 g/mol. The molecule has 0 spiro atoms. The van der Waals surface area contributed by atoms with Crippen LogP contribution in [0.5, 0.6) is 0 Å². The molecule has 0 aliphatic carbocycles. The van der Waals surface area contributed by atoms with E-state index in [1.54, 1.807) is 4.68 Å². The number of hydrogen-bond donors (Lipinski definition) is 0. The Morgan fingerprint density at radius 1 is 1.04 bits per heavy atom. The van der Waals surface area contributed by atoms with E-state index >= 15 is 0 Å². The predicted molar refractivity (Wildman–Crippen MR) is 104 cm³/mol. The lowest BCUT2D eigenvalue weighted by atomic mass is 10.2. The molecule has 4 nitrogen and oxygen atoms in total.